The fourth-order valence-corrected chi connectivity index (χ4v) is 3.61. The first kappa shape index (κ1) is 19.1. The summed E-state index contributed by atoms with van der Waals surface area (Å²) in [5.74, 6) is -1.16. The van der Waals surface area contributed by atoms with Crippen LogP contribution in [0.5, 0.6) is 0 Å². The standard InChI is InChI=1S/C22H26N2O3/c25-15-19(21(26)23-18-13-7-8-14-18)24-22(27)20(16-9-3-1-4-10-16)17-11-5-2-6-12-17/h1-6,9-12,18-20,25H,7-8,13-15H2,(H,23,26)(H,24,27). The molecule has 1 fully saturated rings. The van der Waals surface area contributed by atoms with Gasteiger partial charge in [-0.15, -0.1) is 0 Å². The third-order valence-electron chi connectivity index (χ3n) is 5.05. The second kappa shape index (κ2) is 9.33. The Bertz CT molecular complexity index is 703. The number of aliphatic hydroxyl groups is 1. The molecule has 1 aliphatic carbocycles. The first-order valence-corrected chi connectivity index (χ1v) is 9.50. The number of aliphatic hydroxyl groups excluding tert-OH is 1. The molecule has 0 saturated heterocycles. The molecule has 2 aromatic rings. The zero-order valence-corrected chi connectivity index (χ0v) is 15.3. The highest BCUT2D eigenvalue weighted by Crippen LogP contribution is 2.25. The van der Waals surface area contributed by atoms with Gasteiger partial charge in [-0.2, -0.15) is 0 Å². The van der Waals surface area contributed by atoms with Gasteiger partial charge in [0.05, 0.1) is 12.5 Å². The molecule has 27 heavy (non-hydrogen) atoms. The highest BCUT2D eigenvalue weighted by atomic mass is 16.3. The molecule has 0 aromatic heterocycles. The van der Waals surface area contributed by atoms with E-state index in [4.69, 9.17) is 0 Å². The average molecular weight is 366 g/mol. The number of rotatable bonds is 7. The Kier molecular flexibility index (Phi) is 6.60. The van der Waals surface area contributed by atoms with Gasteiger partial charge in [0.15, 0.2) is 0 Å². The van der Waals surface area contributed by atoms with Gasteiger partial charge in [-0.3, -0.25) is 9.59 Å². The molecule has 1 aliphatic rings. The second-order valence-electron chi connectivity index (χ2n) is 6.99. The highest BCUT2D eigenvalue weighted by Gasteiger charge is 2.28. The van der Waals surface area contributed by atoms with Gasteiger partial charge in [-0.1, -0.05) is 73.5 Å². The summed E-state index contributed by atoms with van der Waals surface area (Å²) in [5.41, 5.74) is 1.68. The molecule has 2 amide bonds. The summed E-state index contributed by atoms with van der Waals surface area (Å²) in [7, 11) is 0. The van der Waals surface area contributed by atoms with Gasteiger partial charge in [-0.25, -0.2) is 0 Å². The molecule has 1 atom stereocenters. The largest absolute Gasteiger partial charge is 0.394 e. The predicted molar refractivity (Wildman–Crippen MR) is 104 cm³/mol. The van der Waals surface area contributed by atoms with Crippen LogP contribution in [0.25, 0.3) is 0 Å². The number of hydrogen-bond acceptors (Lipinski definition) is 3. The van der Waals surface area contributed by atoms with Crippen LogP contribution in [0, 0.1) is 0 Å². The molecule has 0 bridgehead atoms. The van der Waals surface area contributed by atoms with Crippen LogP contribution < -0.4 is 10.6 Å². The SMILES string of the molecule is O=C(NC1CCCC1)C(CO)NC(=O)C(c1ccccc1)c1ccccc1. The summed E-state index contributed by atoms with van der Waals surface area (Å²) in [4.78, 5) is 25.5. The van der Waals surface area contributed by atoms with E-state index in [1.807, 2.05) is 60.7 Å². The van der Waals surface area contributed by atoms with Crippen molar-refractivity contribution in [1.82, 2.24) is 10.6 Å². The van der Waals surface area contributed by atoms with E-state index in [1.54, 1.807) is 0 Å². The van der Waals surface area contributed by atoms with Crippen LogP contribution in [0.1, 0.15) is 42.7 Å². The predicted octanol–water partition coefficient (Wildman–Crippen LogP) is 2.35. The van der Waals surface area contributed by atoms with Crippen LogP contribution >= 0.6 is 0 Å². The number of benzene rings is 2. The van der Waals surface area contributed by atoms with Gasteiger partial charge < -0.3 is 15.7 Å². The van der Waals surface area contributed by atoms with Crippen molar-refractivity contribution in [2.75, 3.05) is 6.61 Å². The van der Waals surface area contributed by atoms with E-state index in [1.165, 1.54) is 0 Å². The van der Waals surface area contributed by atoms with E-state index < -0.39 is 18.6 Å². The quantitative estimate of drug-likeness (QED) is 0.704. The van der Waals surface area contributed by atoms with Gasteiger partial charge in [0.2, 0.25) is 11.8 Å². The number of carbonyl (C=O) groups is 2. The molecule has 5 nitrogen and oxygen atoms in total. The Balaban J connectivity index is 1.76. The number of amides is 2. The molecule has 1 unspecified atom stereocenters. The third-order valence-corrected chi connectivity index (χ3v) is 5.05. The van der Waals surface area contributed by atoms with Crippen LogP contribution in [-0.4, -0.2) is 35.6 Å². The van der Waals surface area contributed by atoms with Gasteiger partial charge in [0.1, 0.15) is 6.04 Å². The molecule has 0 radical (unpaired) electrons. The van der Waals surface area contributed by atoms with Crippen molar-refractivity contribution in [3.05, 3.63) is 71.8 Å². The molecule has 0 aliphatic heterocycles. The lowest BCUT2D eigenvalue weighted by Gasteiger charge is -2.23. The van der Waals surface area contributed by atoms with E-state index in [0.29, 0.717) is 0 Å². The summed E-state index contributed by atoms with van der Waals surface area (Å²) in [5, 5.41) is 15.3. The summed E-state index contributed by atoms with van der Waals surface area (Å²) in [6, 6.07) is 18.1. The molecule has 2 aromatic carbocycles. The van der Waals surface area contributed by atoms with Crippen molar-refractivity contribution >= 4 is 11.8 Å². The Morgan fingerprint density at radius 2 is 1.41 bits per heavy atom. The van der Waals surface area contributed by atoms with Gasteiger partial charge in [0, 0.05) is 6.04 Å². The number of nitrogens with one attached hydrogen (secondary N) is 2. The topological polar surface area (TPSA) is 78.4 Å². The molecule has 142 valence electrons. The van der Waals surface area contributed by atoms with Crippen molar-refractivity contribution < 1.29 is 14.7 Å². The molecular weight excluding hydrogens is 340 g/mol. The van der Waals surface area contributed by atoms with Crippen molar-refractivity contribution in [1.29, 1.82) is 0 Å². The average Bonchev–Trinajstić information content (AvgIpc) is 3.21. The normalized spacial score (nSPS) is 15.5. The smallest absolute Gasteiger partial charge is 0.245 e. The van der Waals surface area contributed by atoms with Crippen LogP contribution in [0.15, 0.2) is 60.7 Å². The summed E-state index contributed by atoms with van der Waals surface area (Å²) < 4.78 is 0. The number of hydrogen-bond donors (Lipinski definition) is 3. The Hall–Kier alpha value is -2.66. The van der Waals surface area contributed by atoms with Gasteiger partial charge in [-0.05, 0) is 24.0 Å². The molecule has 1 saturated carbocycles. The summed E-state index contributed by atoms with van der Waals surface area (Å²) in [6.45, 7) is -0.430. The van der Waals surface area contributed by atoms with E-state index in [2.05, 4.69) is 10.6 Å². The van der Waals surface area contributed by atoms with Gasteiger partial charge in [0.25, 0.3) is 0 Å². The molecule has 5 heteroatoms. The van der Waals surface area contributed by atoms with E-state index >= 15 is 0 Å². The van der Waals surface area contributed by atoms with Crippen LogP contribution in [0.4, 0.5) is 0 Å². The maximum Gasteiger partial charge on any atom is 0.245 e. The zero-order chi connectivity index (χ0) is 19.1. The van der Waals surface area contributed by atoms with Crippen molar-refractivity contribution in [3.8, 4) is 0 Å². The highest BCUT2D eigenvalue weighted by molar-refractivity contribution is 5.92. The van der Waals surface area contributed by atoms with Crippen LogP contribution in [0.3, 0.4) is 0 Å². The Labute approximate surface area is 159 Å². The maximum atomic E-state index is 13.1. The van der Waals surface area contributed by atoms with E-state index in [9.17, 15) is 14.7 Å². The lowest BCUT2D eigenvalue weighted by atomic mass is 9.90. The zero-order valence-electron chi connectivity index (χ0n) is 15.3. The first-order chi connectivity index (χ1) is 13.2. The van der Waals surface area contributed by atoms with E-state index in [0.717, 1.165) is 36.8 Å². The monoisotopic (exact) mass is 366 g/mol. The first-order valence-electron chi connectivity index (χ1n) is 9.50. The molecule has 3 N–H and O–H groups in total. The van der Waals surface area contributed by atoms with Crippen molar-refractivity contribution in [2.24, 2.45) is 0 Å². The fourth-order valence-electron chi connectivity index (χ4n) is 3.61. The lowest BCUT2D eigenvalue weighted by molar-refractivity contribution is -0.130. The lowest BCUT2D eigenvalue weighted by Crippen LogP contribution is -2.52. The van der Waals surface area contributed by atoms with Gasteiger partial charge >= 0.3 is 0 Å². The molecular formula is C22H26N2O3. The Morgan fingerprint density at radius 1 is 0.889 bits per heavy atom. The molecule has 0 spiro atoms. The minimum absolute atomic E-state index is 0.141. The van der Waals surface area contributed by atoms with Crippen molar-refractivity contribution in [2.45, 2.75) is 43.7 Å². The minimum Gasteiger partial charge on any atom is -0.394 e. The Morgan fingerprint density at radius 3 is 1.89 bits per heavy atom. The molecule has 0 heterocycles. The van der Waals surface area contributed by atoms with Crippen molar-refractivity contribution in [3.63, 3.8) is 0 Å². The number of carbonyl (C=O) groups excluding carboxylic acids is 2. The second-order valence-corrected chi connectivity index (χ2v) is 6.99. The summed E-state index contributed by atoms with van der Waals surface area (Å²) >= 11 is 0. The van der Waals surface area contributed by atoms with Crippen LogP contribution in [0.2, 0.25) is 0 Å². The third kappa shape index (κ3) is 4.95. The summed E-state index contributed by atoms with van der Waals surface area (Å²) in [6.07, 6.45) is 4.11. The van der Waals surface area contributed by atoms with Crippen LogP contribution in [-0.2, 0) is 9.59 Å². The van der Waals surface area contributed by atoms with E-state index in [-0.39, 0.29) is 17.9 Å². The molecule has 3 rings (SSSR count). The fraction of sp³-hybridized carbons (Fsp3) is 0.364. The maximum absolute atomic E-state index is 13.1. The minimum atomic E-state index is -0.951.